The van der Waals surface area contributed by atoms with E-state index >= 15 is 0 Å². The van der Waals surface area contributed by atoms with Gasteiger partial charge >= 0.3 is 0 Å². The van der Waals surface area contributed by atoms with Gasteiger partial charge in [-0.3, -0.25) is 19.6 Å². The molecule has 7 nitrogen and oxygen atoms in total. The van der Waals surface area contributed by atoms with Gasteiger partial charge in [0.1, 0.15) is 0 Å². The molecule has 9 heteroatoms. The molecule has 1 aromatic heterocycles. The van der Waals surface area contributed by atoms with Crippen LogP contribution in [0.1, 0.15) is 18.4 Å². The van der Waals surface area contributed by atoms with Crippen LogP contribution in [-0.4, -0.2) is 26.9 Å². The van der Waals surface area contributed by atoms with Crippen molar-refractivity contribution in [1.82, 2.24) is 15.3 Å². The molecule has 1 aliphatic heterocycles. The summed E-state index contributed by atoms with van der Waals surface area (Å²) in [5, 5.41) is 6.36. The van der Waals surface area contributed by atoms with E-state index in [0.29, 0.717) is 26.5 Å². The summed E-state index contributed by atoms with van der Waals surface area (Å²) in [5.41, 5.74) is 3.38. The number of anilines is 1. The predicted octanol–water partition coefficient (Wildman–Crippen LogP) is 4.52. The SMILES string of the molecule is O=C1NC(=Nc2cccc(NC(=O)C3CC3)c2Cl)SC1=Cc1ccc2nccnc2c1. The molecule has 2 aromatic carbocycles. The maximum atomic E-state index is 12.4. The Bertz CT molecular complexity index is 1290. The number of aliphatic imine (C=N–C) groups is 1. The second-order valence-electron chi connectivity index (χ2n) is 7.19. The van der Waals surface area contributed by atoms with Gasteiger partial charge in [0, 0.05) is 18.3 Å². The predicted molar refractivity (Wildman–Crippen MR) is 123 cm³/mol. The van der Waals surface area contributed by atoms with Gasteiger partial charge in [0.15, 0.2) is 5.17 Å². The third-order valence-electron chi connectivity index (χ3n) is 4.85. The molecular formula is C22H16ClN5O2S. The number of hydrogen-bond acceptors (Lipinski definition) is 6. The summed E-state index contributed by atoms with van der Waals surface area (Å²) in [4.78, 5) is 38.0. The van der Waals surface area contributed by atoms with E-state index in [1.807, 2.05) is 18.2 Å². The van der Waals surface area contributed by atoms with Gasteiger partial charge < -0.3 is 10.6 Å². The monoisotopic (exact) mass is 449 g/mol. The summed E-state index contributed by atoms with van der Waals surface area (Å²) in [7, 11) is 0. The van der Waals surface area contributed by atoms with Crippen molar-refractivity contribution in [3.63, 3.8) is 0 Å². The lowest BCUT2D eigenvalue weighted by Crippen LogP contribution is -2.19. The Balaban J connectivity index is 1.37. The van der Waals surface area contributed by atoms with Crippen LogP contribution < -0.4 is 10.6 Å². The molecule has 0 unspecified atom stereocenters. The quantitative estimate of drug-likeness (QED) is 0.571. The van der Waals surface area contributed by atoms with Crippen LogP contribution in [0, 0.1) is 5.92 Å². The minimum atomic E-state index is -0.239. The van der Waals surface area contributed by atoms with Crippen LogP contribution in [0.4, 0.5) is 11.4 Å². The summed E-state index contributed by atoms with van der Waals surface area (Å²) in [6, 6.07) is 10.9. The van der Waals surface area contributed by atoms with Crippen molar-refractivity contribution in [2.75, 3.05) is 5.32 Å². The molecule has 0 bridgehead atoms. The first kappa shape index (κ1) is 19.7. The van der Waals surface area contributed by atoms with Gasteiger partial charge in [0.2, 0.25) is 5.91 Å². The van der Waals surface area contributed by atoms with E-state index in [4.69, 9.17) is 11.6 Å². The fraction of sp³-hybridized carbons (Fsp3) is 0.136. The zero-order valence-electron chi connectivity index (χ0n) is 16.1. The Morgan fingerprint density at radius 1 is 1.19 bits per heavy atom. The third-order valence-corrected chi connectivity index (χ3v) is 6.16. The molecule has 154 valence electrons. The maximum Gasteiger partial charge on any atom is 0.264 e. The molecule has 0 spiro atoms. The fourth-order valence-electron chi connectivity index (χ4n) is 3.09. The van der Waals surface area contributed by atoms with Gasteiger partial charge in [-0.05, 0) is 60.5 Å². The lowest BCUT2D eigenvalue weighted by molar-refractivity contribution is -0.117. The molecule has 1 aliphatic carbocycles. The minimum Gasteiger partial charge on any atom is -0.324 e. The van der Waals surface area contributed by atoms with Crippen LogP contribution in [0.3, 0.4) is 0 Å². The number of hydrogen-bond donors (Lipinski definition) is 2. The molecule has 2 fully saturated rings. The Hall–Kier alpha value is -3.23. The van der Waals surface area contributed by atoms with Crippen LogP contribution in [0.5, 0.6) is 0 Å². The normalized spacial score (nSPS) is 18.5. The summed E-state index contributed by atoms with van der Waals surface area (Å²) in [6.07, 6.45) is 6.87. The molecule has 0 atom stereocenters. The highest BCUT2D eigenvalue weighted by molar-refractivity contribution is 8.18. The number of carbonyl (C=O) groups excluding carboxylic acids is 2. The molecule has 2 N–H and O–H groups in total. The number of rotatable bonds is 4. The van der Waals surface area contributed by atoms with E-state index in [1.54, 1.807) is 36.7 Å². The first-order valence-electron chi connectivity index (χ1n) is 9.66. The Morgan fingerprint density at radius 2 is 2.00 bits per heavy atom. The standard InChI is InChI=1S/C22H16ClN5O2S/c23-19-15(26-20(29)13-5-6-13)2-1-3-16(19)27-22-28-21(30)18(31-22)11-12-4-7-14-17(10-12)25-9-8-24-14/h1-4,7-11,13H,5-6H2,(H,26,29)(H,27,28,30). The molecule has 0 radical (unpaired) electrons. The molecule has 2 aliphatic rings. The van der Waals surface area contributed by atoms with E-state index in [1.165, 1.54) is 11.8 Å². The number of halogens is 1. The molecule has 2 heterocycles. The van der Waals surface area contributed by atoms with Crippen molar-refractivity contribution < 1.29 is 9.59 Å². The molecule has 1 saturated heterocycles. The molecule has 3 aromatic rings. The van der Waals surface area contributed by atoms with Gasteiger partial charge in [0.05, 0.1) is 32.3 Å². The first-order valence-corrected chi connectivity index (χ1v) is 10.9. The lowest BCUT2D eigenvalue weighted by atomic mass is 10.2. The second kappa shape index (κ2) is 8.13. The number of amides is 2. The van der Waals surface area contributed by atoms with Gasteiger partial charge in [-0.1, -0.05) is 23.7 Å². The van der Waals surface area contributed by atoms with Gasteiger partial charge in [-0.2, -0.15) is 0 Å². The van der Waals surface area contributed by atoms with Crippen LogP contribution in [0.25, 0.3) is 17.1 Å². The summed E-state index contributed by atoms with van der Waals surface area (Å²) < 4.78 is 0. The average Bonchev–Trinajstić information content (AvgIpc) is 3.56. The second-order valence-corrected chi connectivity index (χ2v) is 8.60. The van der Waals surface area contributed by atoms with Crippen molar-refractivity contribution in [3.05, 3.63) is 64.3 Å². The van der Waals surface area contributed by atoms with E-state index in [-0.39, 0.29) is 17.7 Å². The first-order chi connectivity index (χ1) is 15.1. The number of amidine groups is 1. The fourth-order valence-corrected chi connectivity index (χ4v) is 4.14. The van der Waals surface area contributed by atoms with Crippen LogP contribution in [0.2, 0.25) is 5.02 Å². The smallest absolute Gasteiger partial charge is 0.264 e. The highest BCUT2D eigenvalue weighted by Crippen LogP contribution is 2.37. The maximum absolute atomic E-state index is 12.4. The van der Waals surface area contributed by atoms with E-state index < -0.39 is 0 Å². The number of aromatic nitrogens is 2. The zero-order chi connectivity index (χ0) is 21.4. The molecular weight excluding hydrogens is 434 g/mol. The molecule has 5 rings (SSSR count). The van der Waals surface area contributed by atoms with Crippen LogP contribution in [0.15, 0.2) is 58.7 Å². The van der Waals surface area contributed by atoms with Crippen molar-refractivity contribution in [2.45, 2.75) is 12.8 Å². The van der Waals surface area contributed by atoms with Crippen molar-refractivity contribution in [1.29, 1.82) is 0 Å². The number of carbonyl (C=O) groups is 2. The minimum absolute atomic E-state index is 0.0273. The van der Waals surface area contributed by atoms with E-state index in [9.17, 15) is 9.59 Å². The number of nitrogens with one attached hydrogen (secondary N) is 2. The van der Waals surface area contributed by atoms with Gasteiger partial charge in [0.25, 0.3) is 5.91 Å². The van der Waals surface area contributed by atoms with Crippen LogP contribution in [-0.2, 0) is 9.59 Å². The number of benzene rings is 2. The highest BCUT2D eigenvalue weighted by atomic mass is 35.5. The Kier molecular flexibility index (Phi) is 5.17. The summed E-state index contributed by atoms with van der Waals surface area (Å²) >= 11 is 7.67. The topological polar surface area (TPSA) is 96.3 Å². The third kappa shape index (κ3) is 4.30. The van der Waals surface area contributed by atoms with Crippen molar-refractivity contribution >= 4 is 68.8 Å². The summed E-state index contributed by atoms with van der Waals surface area (Å²) in [6.45, 7) is 0. The van der Waals surface area contributed by atoms with E-state index in [0.717, 1.165) is 29.4 Å². The summed E-state index contributed by atoms with van der Waals surface area (Å²) in [5.74, 6) is -0.192. The molecule has 2 amide bonds. The van der Waals surface area contributed by atoms with Gasteiger partial charge in [-0.15, -0.1) is 0 Å². The molecule has 1 saturated carbocycles. The largest absolute Gasteiger partial charge is 0.324 e. The van der Waals surface area contributed by atoms with Crippen molar-refractivity contribution in [3.8, 4) is 0 Å². The van der Waals surface area contributed by atoms with Gasteiger partial charge in [-0.25, -0.2) is 4.99 Å². The number of nitrogens with zero attached hydrogens (tertiary/aromatic N) is 3. The number of fused-ring (bicyclic) bond motifs is 1. The molecule has 31 heavy (non-hydrogen) atoms. The highest BCUT2D eigenvalue weighted by Gasteiger charge is 2.30. The zero-order valence-corrected chi connectivity index (χ0v) is 17.7. The average molecular weight is 450 g/mol. The number of thioether (sulfide) groups is 1. The Morgan fingerprint density at radius 3 is 2.81 bits per heavy atom. The van der Waals surface area contributed by atoms with Crippen molar-refractivity contribution in [2.24, 2.45) is 10.9 Å². The van der Waals surface area contributed by atoms with Crippen LogP contribution >= 0.6 is 23.4 Å². The Labute approximate surface area is 187 Å². The van der Waals surface area contributed by atoms with E-state index in [2.05, 4.69) is 25.6 Å². The lowest BCUT2D eigenvalue weighted by Gasteiger charge is -2.08.